The predicted molar refractivity (Wildman–Crippen MR) is 83.2 cm³/mol. The van der Waals surface area contributed by atoms with Gasteiger partial charge in [-0.2, -0.15) is 0 Å². The van der Waals surface area contributed by atoms with Crippen LogP contribution in [0.3, 0.4) is 0 Å². The van der Waals surface area contributed by atoms with E-state index in [9.17, 15) is 4.79 Å². The lowest BCUT2D eigenvalue weighted by Crippen LogP contribution is -2.24. The summed E-state index contributed by atoms with van der Waals surface area (Å²) >= 11 is 3.41. The lowest BCUT2D eigenvalue weighted by Gasteiger charge is -1.98. The zero-order chi connectivity index (χ0) is 13.9. The van der Waals surface area contributed by atoms with Crippen molar-refractivity contribution in [2.75, 3.05) is 0 Å². The maximum atomic E-state index is 11.9. The molecule has 0 aliphatic carbocycles. The van der Waals surface area contributed by atoms with Crippen LogP contribution in [-0.2, 0) is 4.79 Å². The van der Waals surface area contributed by atoms with E-state index in [4.69, 9.17) is 0 Å². The summed E-state index contributed by atoms with van der Waals surface area (Å²) in [5, 5.41) is 2.79. The number of aliphatic imine (C=N–C) groups is 1. The monoisotopic (exact) mass is 326 g/mol. The molecule has 0 atom stereocenters. The SMILES string of the molecule is O=C1NC(c2ccccc2)=N/C1=C\c1cccc(Br)c1. The quantitative estimate of drug-likeness (QED) is 0.844. The number of carbonyl (C=O) groups is 1. The summed E-state index contributed by atoms with van der Waals surface area (Å²) in [4.78, 5) is 16.3. The topological polar surface area (TPSA) is 41.5 Å². The van der Waals surface area contributed by atoms with Crippen molar-refractivity contribution >= 4 is 33.7 Å². The van der Waals surface area contributed by atoms with Gasteiger partial charge in [0.1, 0.15) is 11.5 Å². The van der Waals surface area contributed by atoms with Crippen molar-refractivity contribution in [3.05, 3.63) is 75.9 Å². The Morgan fingerprint density at radius 3 is 2.60 bits per heavy atom. The molecule has 0 saturated carbocycles. The molecule has 0 spiro atoms. The largest absolute Gasteiger partial charge is 0.305 e. The molecule has 0 saturated heterocycles. The van der Waals surface area contributed by atoms with Gasteiger partial charge in [-0.1, -0.05) is 58.4 Å². The first-order valence-corrected chi connectivity index (χ1v) is 6.94. The van der Waals surface area contributed by atoms with Crippen LogP contribution in [0.1, 0.15) is 11.1 Å². The van der Waals surface area contributed by atoms with E-state index in [1.54, 1.807) is 6.08 Å². The molecular weight excluding hydrogens is 316 g/mol. The summed E-state index contributed by atoms with van der Waals surface area (Å²) in [6, 6.07) is 17.3. The zero-order valence-electron chi connectivity index (χ0n) is 10.5. The van der Waals surface area contributed by atoms with Crippen LogP contribution in [0.4, 0.5) is 0 Å². The van der Waals surface area contributed by atoms with Gasteiger partial charge >= 0.3 is 0 Å². The van der Waals surface area contributed by atoms with Crippen molar-refractivity contribution in [1.29, 1.82) is 0 Å². The van der Waals surface area contributed by atoms with Crippen molar-refractivity contribution in [3.8, 4) is 0 Å². The Labute approximate surface area is 125 Å². The molecule has 3 rings (SSSR count). The van der Waals surface area contributed by atoms with Gasteiger partial charge in [-0.05, 0) is 23.8 Å². The van der Waals surface area contributed by atoms with Crippen molar-refractivity contribution in [2.24, 2.45) is 4.99 Å². The Morgan fingerprint density at radius 2 is 1.85 bits per heavy atom. The number of amides is 1. The van der Waals surface area contributed by atoms with Gasteiger partial charge in [0, 0.05) is 10.0 Å². The number of carbonyl (C=O) groups excluding carboxylic acids is 1. The van der Waals surface area contributed by atoms with Crippen LogP contribution in [0.25, 0.3) is 6.08 Å². The van der Waals surface area contributed by atoms with Gasteiger partial charge in [-0.3, -0.25) is 4.79 Å². The highest BCUT2D eigenvalue weighted by molar-refractivity contribution is 9.10. The Morgan fingerprint density at radius 1 is 1.05 bits per heavy atom. The van der Waals surface area contributed by atoms with Crippen LogP contribution in [0.5, 0.6) is 0 Å². The number of amidine groups is 1. The molecule has 0 radical (unpaired) electrons. The number of nitrogens with one attached hydrogen (secondary N) is 1. The van der Waals surface area contributed by atoms with E-state index in [1.807, 2.05) is 54.6 Å². The van der Waals surface area contributed by atoms with Gasteiger partial charge in [-0.15, -0.1) is 0 Å². The van der Waals surface area contributed by atoms with Crippen LogP contribution in [0.15, 0.2) is 69.8 Å². The van der Waals surface area contributed by atoms with Crippen molar-refractivity contribution < 1.29 is 4.79 Å². The second-order valence-corrected chi connectivity index (χ2v) is 5.28. The van der Waals surface area contributed by atoms with E-state index in [0.717, 1.165) is 15.6 Å². The van der Waals surface area contributed by atoms with Crippen LogP contribution >= 0.6 is 15.9 Å². The first kappa shape index (κ1) is 12.8. The van der Waals surface area contributed by atoms with Gasteiger partial charge in [0.2, 0.25) is 0 Å². The number of rotatable bonds is 2. The normalized spacial score (nSPS) is 16.1. The third-order valence-electron chi connectivity index (χ3n) is 2.90. The Bertz CT molecular complexity index is 720. The van der Waals surface area contributed by atoms with E-state index < -0.39 is 0 Å². The molecule has 98 valence electrons. The van der Waals surface area contributed by atoms with Gasteiger partial charge < -0.3 is 5.32 Å². The average molecular weight is 327 g/mol. The van der Waals surface area contributed by atoms with E-state index >= 15 is 0 Å². The molecule has 0 fully saturated rings. The third kappa shape index (κ3) is 2.70. The third-order valence-corrected chi connectivity index (χ3v) is 3.39. The van der Waals surface area contributed by atoms with Crippen LogP contribution in [0.2, 0.25) is 0 Å². The lowest BCUT2D eigenvalue weighted by atomic mass is 10.2. The fourth-order valence-electron chi connectivity index (χ4n) is 1.96. The van der Waals surface area contributed by atoms with Crippen LogP contribution < -0.4 is 5.32 Å². The molecular formula is C16H11BrN2O. The molecule has 0 unspecified atom stereocenters. The zero-order valence-corrected chi connectivity index (χ0v) is 12.1. The maximum Gasteiger partial charge on any atom is 0.275 e. The first-order chi connectivity index (χ1) is 9.72. The van der Waals surface area contributed by atoms with Crippen LogP contribution in [-0.4, -0.2) is 11.7 Å². The van der Waals surface area contributed by atoms with Crippen molar-refractivity contribution in [2.45, 2.75) is 0 Å². The molecule has 1 aliphatic rings. The second-order valence-electron chi connectivity index (χ2n) is 4.37. The van der Waals surface area contributed by atoms with E-state index in [1.165, 1.54) is 0 Å². The fourth-order valence-corrected chi connectivity index (χ4v) is 2.37. The van der Waals surface area contributed by atoms with Gasteiger partial charge in [0.15, 0.2) is 0 Å². The van der Waals surface area contributed by atoms with Gasteiger partial charge in [0.25, 0.3) is 5.91 Å². The number of hydrogen-bond acceptors (Lipinski definition) is 2. The molecule has 1 aliphatic heterocycles. The lowest BCUT2D eigenvalue weighted by molar-refractivity contribution is -0.115. The van der Waals surface area contributed by atoms with Crippen molar-refractivity contribution in [1.82, 2.24) is 5.32 Å². The summed E-state index contributed by atoms with van der Waals surface area (Å²) in [6.07, 6.45) is 1.77. The molecule has 4 heteroatoms. The highest BCUT2D eigenvalue weighted by Crippen LogP contribution is 2.17. The average Bonchev–Trinajstić information content (AvgIpc) is 2.81. The van der Waals surface area contributed by atoms with E-state index in [-0.39, 0.29) is 5.91 Å². The highest BCUT2D eigenvalue weighted by Gasteiger charge is 2.20. The Hall–Kier alpha value is -2.20. The van der Waals surface area contributed by atoms with Crippen LogP contribution in [0, 0.1) is 0 Å². The highest BCUT2D eigenvalue weighted by atomic mass is 79.9. The minimum atomic E-state index is -0.177. The smallest absolute Gasteiger partial charge is 0.275 e. The molecule has 1 N–H and O–H groups in total. The molecule has 0 bridgehead atoms. The molecule has 0 aromatic heterocycles. The second kappa shape index (κ2) is 5.43. The number of nitrogens with zero attached hydrogens (tertiary/aromatic N) is 1. The summed E-state index contributed by atoms with van der Waals surface area (Å²) < 4.78 is 0.970. The summed E-state index contributed by atoms with van der Waals surface area (Å²) in [7, 11) is 0. The maximum absolute atomic E-state index is 11.9. The molecule has 1 heterocycles. The van der Waals surface area contributed by atoms with E-state index in [2.05, 4.69) is 26.2 Å². The minimum absolute atomic E-state index is 0.177. The molecule has 3 nitrogen and oxygen atoms in total. The molecule has 20 heavy (non-hydrogen) atoms. The summed E-state index contributed by atoms with van der Waals surface area (Å²) in [5.41, 5.74) is 2.25. The molecule has 1 amide bonds. The van der Waals surface area contributed by atoms with Gasteiger partial charge in [-0.25, -0.2) is 4.99 Å². The number of hydrogen-bond donors (Lipinski definition) is 1. The fraction of sp³-hybridized carbons (Fsp3) is 0. The summed E-state index contributed by atoms with van der Waals surface area (Å²) in [6.45, 7) is 0. The number of benzene rings is 2. The van der Waals surface area contributed by atoms with E-state index in [0.29, 0.717) is 11.5 Å². The Kier molecular flexibility index (Phi) is 3.48. The molecule has 2 aromatic rings. The van der Waals surface area contributed by atoms with Gasteiger partial charge in [0.05, 0.1) is 0 Å². The summed E-state index contributed by atoms with van der Waals surface area (Å²) in [5.74, 6) is 0.417. The minimum Gasteiger partial charge on any atom is -0.305 e. The predicted octanol–water partition coefficient (Wildman–Crippen LogP) is 3.37. The first-order valence-electron chi connectivity index (χ1n) is 6.15. The molecule has 2 aromatic carbocycles. The van der Waals surface area contributed by atoms with Crippen molar-refractivity contribution in [3.63, 3.8) is 0 Å². The standard InChI is InChI=1S/C16H11BrN2O/c17-13-8-4-5-11(9-13)10-14-16(20)19-15(18-14)12-6-2-1-3-7-12/h1-10H,(H,18,19,20)/b14-10-. The number of halogens is 1. The Balaban J connectivity index is 1.95.